The van der Waals surface area contributed by atoms with Crippen molar-refractivity contribution >= 4 is 5.96 Å². The van der Waals surface area contributed by atoms with E-state index in [0.29, 0.717) is 19.0 Å². The summed E-state index contributed by atoms with van der Waals surface area (Å²) in [4.78, 5) is 4.17. The number of hydrogen-bond donors (Lipinski definition) is 2. The van der Waals surface area contributed by atoms with Gasteiger partial charge in [-0.25, -0.2) is 0 Å². The van der Waals surface area contributed by atoms with E-state index in [0.717, 1.165) is 5.56 Å². The molecule has 0 fully saturated rings. The summed E-state index contributed by atoms with van der Waals surface area (Å²) in [5.74, 6) is 0.832. The van der Waals surface area contributed by atoms with Crippen LogP contribution < -0.4 is 15.4 Å². The summed E-state index contributed by atoms with van der Waals surface area (Å²) >= 11 is 0. The number of ether oxygens (including phenoxy) is 1. The van der Waals surface area contributed by atoms with Crippen LogP contribution in [0.3, 0.4) is 0 Å². The summed E-state index contributed by atoms with van der Waals surface area (Å²) in [5.41, 5.74) is 3.29. The highest BCUT2D eigenvalue weighted by molar-refractivity contribution is 5.79. The van der Waals surface area contributed by atoms with Crippen molar-refractivity contribution in [2.75, 3.05) is 13.7 Å². The highest BCUT2D eigenvalue weighted by atomic mass is 19.4. The van der Waals surface area contributed by atoms with Crippen LogP contribution in [0.4, 0.5) is 13.2 Å². The normalized spacial score (nSPS) is 12.0. The van der Waals surface area contributed by atoms with Crippen LogP contribution in [0.2, 0.25) is 0 Å². The van der Waals surface area contributed by atoms with Crippen molar-refractivity contribution in [3.63, 3.8) is 0 Å². The van der Waals surface area contributed by atoms with E-state index in [4.69, 9.17) is 0 Å². The second-order valence-corrected chi connectivity index (χ2v) is 5.75. The van der Waals surface area contributed by atoms with Crippen LogP contribution in [0, 0.1) is 6.92 Å². The van der Waals surface area contributed by atoms with Gasteiger partial charge in [0.15, 0.2) is 12.6 Å². The summed E-state index contributed by atoms with van der Waals surface area (Å²) in [7, 11) is 1.68. The number of rotatable bonds is 6. The maximum atomic E-state index is 12.1. The molecule has 0 saturated carbocycles. The van der Waals surface area contributed by atoms with Gasteiger partial charge in [0.25, 0.3) is 0 Å². The van der Waals surface area contributed by atoms with E-state index in [9.17, 15) is 13.2 Å². The van der Waals surface area contributed by atoms with Gasteiger partial charge in [0, 0.05) is 20.1 Å². The predicted molar refractivity (Wildman–Crippen MR) is 96.2 cm³/mol. The summed E-state index contributed by atoms with van der Waals surface area (Å²) < 4.78 is 41.1. The van der Waals surface area contributed by atoms with Crippen LogP contribution in [0.15, 0.2) is 53.5 Å². The minimum atomic E-state index is -4.34. The van der Waals surface area contributed by atoms with Gasteiger partial charge in [-0.05, 0) is 35.7 Å². The van der Waals surface area contributed by atoms with Gasteiger partial charge in [0.1, 0.15) is 5.75 Å². The van der Waals surface area contributed by atoms with Crippen LogP contribution in [0.5, 0.6) is 5.75 Å². The van der Waals surface area contributed by atoms with Gasteiger partial charge in [-0.3, -0.25) is 4.99 Å². The van der Waals surface area contributed by atoms with Crippen molar-refractivity contribution in [1.82, 2.24) is 10.6 Å². The first-order chi connectivity index (χ1) is 12.4. The molecule has 140 valence electrons. The van der Waals surface area contributed by atoms with Gasteiger partial charge in [0.2, 0.25) is 0 Å². The maximum Gasteiger partial charge on any atom is 0.422 e. The van der Waals surface area contributed by atoms with Crippen molar-refractivity contribution < 1.29 is 17.9 Å². The molecule has 0 unspecified atom stereocenters. The molecule has 4 nitrogen and oxygen atoms in total. The quantitative estimate of drug-likeness (QED) is 0.605. The molecule has 0 atom stereocenters. The molecule has 2 N–H and O–H groups in total. The number of benzene rings is 2. The van der Waals surface area contributed by atoms with Gasteiger partial charge in [-0.15, -0.1) is 0 Å². The van der Waals surface area contributed by atoms with Gasteiger partial charge in [-0.1, -0.05) is 36.4 Å². The Morgan fingerprint density at radius 3 is 2.27 bits per heavy atom. The monoisotopic (exact) mass is 365 g/mol. The second kappa shape index (κ2) is 9.12. The number of alkyl halides is 3. The standard InChI is InChI=1S/C19H22F3N3O/c1-14-5-3-4-6-16(14)12-25-18(23-2)24-11-15-7-9-17(10-8-15)26-13-19(20,21)22/h3-10H,11-13H2,1-2H3,(H2,23,24,25). The fourth-order valence-electron chi connectivity index (χ4n) is 2.26. The fourth-order valence-corrected chi connectivity index (χ4v) is 2.26. The maximum absolute atomic E-state index is 12.1. The van der Waals surface area contributed by atoms with Gasteiger partial charge in [0.05, 0.1) is 0 Å². The lowest BCUT2D eigenvalue weighted by molar-refractivity contribution is -0.153. The van der Waals surface area contributed by atoms with Crippen molar-refractivity contribution in [1.29, 1.82) is 0 Å². The number of nitrogens with one attached hydrogen (secondary N) is 2. The molecule has 0 spiro atoms. The molecule has 0 radical (unpaired) electrons. The number of halogens is 3. The number of aliphatic imine (C=N–C) groups is 1. The fraction of sp³-hybridized carbons (Fsp3) is 0.316. The van der Waals surface area contributed by atoms with Crippen molar-refractivity contribution in [2.24, 2.45) is 4.99 Å². The number of aryl methyl sites for hydroxylation is 1. The minimum Gasteiger partial charge on any atom is -0.484 e. The molecular formula is C19H22F3N3O. The van der Waals surface area contributed by atoms with E-state index < -0.39 is 12.8 Å². The van der Waals surface area contributed by atoms with E-state index in [2.05, 4.69) is 39.4 Å². The van der Waals surface area contributed by atoms with Gasteiger partial charge in [-0.2, -0.15) is 13.2 Å². The molecule has 7 heteroatoms. The lowest BCUT2D eigenvalue weighted by Gasteiger charge is -2.13. The number of hydrogen-bond acceptors (Lipinski definition) is 2. The summed E-state index contributed by atoms with van der Waals surface area (Å²) in [5, 5.41) is 6.40. The van der Waals surface area contributed by atoms with E-state index in [-0.39, 0.29) is 5.75 Å². The van der Waals surface area contributed by atoms with Crippen LogP contribution in [-0.4, -0.2) is 25.8 Å². The van der Waals surface area contributed by atoms with E-state index in [1.54, 1.807) is 19.2 Å². The molecule has 2 rings (SSSR count). The third kappa shape index (κ3) is 6.66. The highest BCUT2D eigenvalue weighted by Gasteiger charge is 2.28. The zero-order chi connectivity index (χ0) is 19.0. The topological polar surface area (TPSA) is 45.7 Å². The Morgan fingerprint density at radius 2 is 1.65 bits per heavy atom. The second-order valence-electron chi connectivity index (χ2n) is 5.75. The van der Waals surface area contributed by atoms with Gasteiger partial charge >= 0.3 is 6.18 Å². The molecule has 0 saturated heterocycles. The third-order valence-electron chi connectivity index (χ3n) is 3.72. The molecule has 0 heterocycles. The Bertz CT molecular complexity index is 728. The van der Waals surface area contributed by atoms with Crippen LogP contribution in [0.1, 0.15) is 16.7 Å². The average molecular weight is 365 g/mol. The average Bonchev–Trinajstić information content (AvgIpc) is 2.62. The Labute approximate surface area is 151 Å². The van der Waals surface area contributed by atoms with E-state index in [1.165, 1.54) is 23.3 Å². The zero-order valence-electron chi connectivity index (χ0n) is 14.7. The molecule has 0 aliphatic rings. The molecule has 0 aliphatic carbocycles. The Balaban J connectivity index is 1.82. The molecule has 2 aromatic rings. The van der Waals surface area contributed by atoms with Crippen LogP contribution in [-0.2, 0) is 13.1 Å². The largest absolute Gasteiger partial charge is 0.484 e. The molecular weight excluding hydrogens is 343 g/mol. The lowest BCUT2D eigenvalue weighted by atomic mass is 10.1. The van der Waals surface area contributed by atoms with Crippen molar-refractivity contribution in [3.8, 4) is 5.75 Å². The molecule has 0 amide bonds. The molecule has 0 aliphatic heterocycles. The third-order valence-corrected chi connectivity index (χ3v) is 3.72. The minimum absolute atomic E-state index is 0.188. The summed E-state index contributed by atoms with van der Waals surface area (Å²) in [6.07, 6.45) is -4.34. The molecule has 0 aromatic heterocycles. The van der Waals surface area contributed by atoms with Crippen LogP contribution >= 0.6 is 0 Å². The van der Waals surface area contributed by atoms with Crippen molar-refractivity contribution in [3.05, 3.63) is 65.2 Å². The lowest BCUT2D eigenvalue weighted by Crippen LogP contribution is -2.36. The Morgan fingerprint density at radius 1 is 1.00 bits per heavy atom. The SMILES string of the molecule is CN=C(NCc1ccc(OCC(F)(F)F)cc1)NCc1ccccc1C. The molecule has 0 bridgehead atoms. The Hall–Kier alpha value is -2.70. The predicted octanol–water partition coefficient (Wildman–Crippen LogP) is 3.80. The summed E-state index contributed by atoms with van der Waals surface area (Å²) in [6, 6.07) is 14.6. The van der Waals surface area contributed by atoms with E-state index in [1.807, 2.05) is 12.1 Å². The Kier molecular flexibility index (Phi) is 6.89. The number of guanidine groups is 1. The highest BCUT2D eigenvalue weighted by Crippen LogP contribution is 2.18. The first kappa shape index (κ1) is 19.6. The first-order valence-electron chi connectivity index (χ1n) is 8.15. The van der Waals surface area contributed by atoms with Gasteiger partial charge < -0.3 is 15.4 Å². The number of nitrogens with zero attached hydrogens (tertiary/aromatic N) is 1. The summed E-state index contributed by atoms with van der Waals surface area (Å²) in [6.45, 7) is 1.90. The smallest absolute Gasteiger partial charge is 0.422 e. The molecule has 2 aromatic carbocycles. The first-order valence-corrected chi connectivity index (χ1v) is 8.15. The zero-order valence-corrected chi connectivity index (χ0v) is 14.7. The van der Waals surface area contributed by atoms with Crippen molar-refractivity contribution in [2.45, 2.75) is 26.2 Å². The van der Waals surface area contributed by atoms with E-state index >= 15 is 0 Å². The molecule has 26 heavy (non-hydrogen) atoms. The van der Waals surface area contributed by atoms with Crippen LogP contribution in [0.25, 0.3) is 0 Å².